The van der Waals surface area contributed by atoms with Crippen LogP contribution in [0.3, 0.4) is 0 Å². The van der Waals surface area contributed by atoms with E-state index in [-0.39, 0.29) is 5.69 Å². The molecule has 0 spiro atoms. The molecule has 0 aromatic carbocycles. The summed E-state index contributed by atoms with van der Waals surface area (Å²) in [5.41, 5.74) is 0.570. The van der Waals surface area contributed by atoms with Crippen LogP contribution in [0.15, 0.2) is 29.2 Å². The molecule has 0 atom stereocenters. The quantitative estimate of drug-likeness (QED) is 0.530. The van der Waals surface area contributed by atoms with Gasteiger partial charge in [0.05, 0.1) is 0 Å². The van der Waals surface area contributed by atoms with Crippen molar-refractivity contribution >= 4 is 5.65 Å². The lowest BCUT2D eigenvalue weighted by molar-refractivity contribution is 0.733. The first-order valence-electron chi connectivity index (χ1n) is 3.29. The van der Waals surface area contributed by atoms with Gasteiger partial charge in [0.2, 0.25) is 0 Å². The Morgan fingerprint density at radius 3 is 3.00 bits per heavy atom. The van der Waals surface area contributed by atoms with E-state index in [9.17, 15) is 4.79 Å². The van der Waals surface area contributed by atoms with Crippen LogP contribution in [0.5, 0.6) is 0 Å². The summed E-state index contributed by atoms with van der Waals surface area (Å²) in [7, 11) is 1.63. The zero-order valence-corrected chi connectivity index (χ0v) is 6.06. The van der Waals surface area contributed by atoms with Crippen molar-refractivity contribution in [2.45, 2.75) is 0 Å². The molecular weight excluding hydrogens is 142 g/mol. The average Bonchev–Trinajstić information content (AvgIpc) is 2.30. The van der Waals surface area contributed by atoms with E-state index in [1.165, 1.54) is 9.08 Å². The molecule has 0 radical (unpaired) electrons. The third-order valence-corrected chi connectivity index (χ3v) is 1.57. The maximum Gasteiger partial charge on any atom is 0.350 e. The highest BCUT2D eigenvalue weighted by atomic mass is 16.2. The van der Waals surface area contributed by atoms with Gasteiger partial charge in [0.25, 0.3) is 0 Å². The Kier molecular flexibility index (Phi) is 1.09. The van der Waals surface area contributed by atoms with E-state index < -0.39 is 0 Å². The molecule has 56 valence electrons. The first kappa shape index (κ1) is 6.15. The van der Waals surface area contributed by atoms with Crippen molar-refractivity contribution in [2.75, 3.05) is 0 Å². The standard InChI is InChI=1S/C7H7N3O/c1-9-7(11)10-5-3-2-4-6(10)8-9/h2-5H,1H3. The summed E-state index contributed by atoms with van der Waals surface area (Å²) in [5.74, 6) is 0. The second-order valence-electron chi connectivity index (χ2n) is 2.34. The minimum Gasteiger partial charge on any atom is -0.250 e. The topological polar surface area (TPSA) is 39.3 Å². The van der Waals surface area contributed by atoms with Gasteiger partial charge < -0.3 is 0 Å². The molecule has 0 aliphatic rings. The fourth-order valence-corrected chi connectivity index (χ4v) is 1.03. The Morgan fingerprint density at radius 2 is 2.27 bits per heavy atom. The summed E-state index contributed by atoms with van der Waals surface area (Å²) < 4.78 is 2.81. The van der Waals surface area contributed by atoms with Gasteiger partial charge in [-0.1, -0.05) is 6.07 Å². The Hall–Kier alpha value is -1.58. The second kappa shape index (κ2) is 1.95. The number of nitrogens with zero attached hydrogens (tertiary/aromatic N) is 3. The van der Waals surface area contributed by atoms with E-state index in [0.717, 1.165) is 0 Å². The van der Waals surface area contributed by atoms with Crippen molar-refractivity contribution < 1.29 is 0 Å². The number of hydrogen-bond donors (Lipinski definition) is 0. The van der Waals surface area contributed by atoms with Gasteiger partial charge >= 0.3 is 5.69 Å². The van der Waals surface area contributed by atoms with Gasteiger partial charge in [-0.3, -0.25) is 4.40 Å². The zero-order chi connectivity index (χ0) is 7.84. The molecule has 0 fully saturated rings. The molecule has 2 aromatic rings. The third-order valence-electron chi connectivity index (χ3n) is 1.57. The number of fused-ring (bicyclic) bond motifs is 1. The lowest BCUT2D eigenvalue weighted by Gasteiger charge is -1.84. The summed E-state index contributed by atoms with van der Waals surface area (Å²) in [5, 5.41) is 3.98. The summed E-state index contributed by atoms with van der Waals surface area (Å²) in [6.45, 7) is 0. The second-order valence-corrected chi connectivity index (χ2v) is 2.34. The lowest BCUT2D eigenvalue weighted by atomic mass is 10.5. The van der Waals surface area contributed by atoms with Gasteiger partial charge in [-0.15, -0.1) is 0 Å². The highest BCUT2D eigenvalue weighted by molar-refractivity contribution is 5.35. The van der Waals surface area contributed by atoms with Crippen LogP contribution in [-0.4, -0.2) is 14.2 Å². The molecule has 0 aliphatic carbocycles. The van der Waals surface area contributed by atoms with Crippen LogP contribution >= 0.6 is 0 Å². The van der Waals surface area contributed by atoms with Crippen LogP contribution in [0.2, 0.25) is 0 Å². The molecule has 0 saturated carbocycles. The monoisotopic (exact) mass is 149 g/mol. The van der Waals surface area contributed by atoms with Crippen LogP contribution < -0.4 is 5.69 Å². The highest BCUT2D eigenvalue weighted by Gasteiger charge is 1.99. The van der Waals surface area contributed by atoms with Crippen LogP contribution in [0, 0.1) is 0 Å². The number of rotatable bonds is 0. The maximum atomic E-state index is 11.2. The van der Waals surface area contributed by atoms with Crippen molar-refractivity contribution in [3.8, 4) is 0 Å². The summed E-state index contributed by atoms with van der Waals surface area (Å²) >= 11 is 0. The van der Waals surface area contributed by atoms with Crippen LogP contribution in [-0.2, 0) is 7.05 Å². The number of aromatic nitrogens is 3. The molecule has 2 rings (SSSR count). The van der Waals surface area contributed by atoms with Gasteiger partial charge in [0, 0.05) is 13.2 Å². The predicted octanol–water partition coefficient (Wildman–Crippen LogP) is 0.0330. The number of hydrogen-bond acceptors (Lipinski definition) is 2. The van der Waals surface area contributed by atoms with E-state index >= 15 is 0 Å². The molecule has 0 N–H and O–H groups in total. The summed E-state index contributed by atoms with van der Waals surface area (Å²) in [6, 6.07) is 5.44. The van der Waals surface area contributed by atoms with Gasteiger partial charge in [-0.25, -0.2) is 9.48 Å². The molecule has 11 heavy (non-hydrogen) atoms. The first-order valence-corrected chi connectivity index (χ1v) is 3.29. The fourth-order valence-electron chi connectivity index (χ4n) is 1.03. The highest BCUT2D eigenvalue weighted by Crippen LogP contribution is 1.92. The van der Waals surface area contributed by atoms with Crippen molar-refractivity contribution in [1.29, 1.82) is 0 Å². The fraction of sp³-hybridized carbons (Fsp3) is 0.143. The normalized spacial score (nSPS) is 10.6. The van der Waals surface area contributed by atoms with E-state index in [2.05, 4.69) is 5.10 Å². The van der Waals surface area contributed by atoms with E-state index in [1.807, 2.05) is 6.07 Å². The number of pyridine rings is 1. The van der Waals surface area contributed by atoms with Crippen LogP contribution in [0.4, 0.5) is 0 Å². The lowest BCUT2D eigenvalue weighted by Crippen LogP contribution is -2.17. The average molecular weight is 149 g/mol. The van der Waals surface area contributed by atoms with Gasteiger partial charge in [-0.2, -0.15) is 5.10 Å². The molecule has 0 bridgehead atoms. The molecule has 4 nitrogen and oxygen atoms in total. The van der Waals surface area contributed by atoms with Crippen LogP contribution in [0.25, 0.3) is 5.65 Å². The maximum absolute atomic E-state index is 11.2. The Bertz CT molecular complexity index is 440. The van der Waals surface area contributed by atoms with Gasteiger partial charge in [0.1, 0.15) is 0 Å². The Balaban J connectivity index is 3.04. The SMILES string of the molecule is Cn1nc2ccccn2c1=O. The van der Waals surface area contributed by atoms with Crippen molar-refractivity contribution in [1.82, 2.24) is 14.2 Å². The molecule has 2 aromatic heterocycles. The molecular formula is C7H7N3O. The molecule has 4 heteroatoms. The third kappa shape index (κ3) is 0.756. The van der Waals surface area contributed by atoms with Crippen LogP contribution in [0.1, 0.15) is 0 Å². The van der Waals surface area contributed by atoms with E-state index in [0.29, 0.717) is 5.65 Å². The molecule has 0 amide bonds. The molecule has 0 saturated heterocycles. The van der Waals surface area contributed by atoms with Gasteiger partial charge in [0.15, 0.2) is 5.65 Å². The predicted molar refractivity (Wildman–Crippen MR) is 40.4 cm³/mol. The van der Waals surface area contributed by atoms with Crippen molar-refractivity contribution in [3.05, 3.63) is 34.9 Å². The molecule has 0 unspecified atom stereocenters. The van der Waals surface area contributed by atoms with E-state index in [1.54, 1.807) is 25.4 Å². The molecule has 2 heterocycles. The Labute approximate surface area is 62.7 Å². The molecule has 0 aliphatic heterocycles. The Morgan fingerprint density at radius 1 is 1.45 bits per heavy atom. The minimum atomic E-state index is -0.111. The summed E-state index contributed by atoms with van der Waals surface area (Å²) in [6.07, 6.45) is 1.70. The first-order chi connectivity index (χ1) is 5.29. The van der Waals surface area contributed by atoms with E-state index in [4.69, 9.17) is 0 Å². The van der Waals surface area contributed by atoms with Gasteiger partial charge in [-0.05, 0) is 12.1 Å². The smallest absolute Gasteiger partial charge is 0.250 e. The van der Waals surface area contributed by atoms with Crippen molar-refractivity contribution in [2.24, 2.45) is 7.05 Å². The summed E-state index contributed by atoms with van der Waals surface area (Å²) in [4.78, 5) is 11.2. The minimum absolute atomic E-state index is 0.111. The zero-order valence-electron chi connectivity index (χ0n) is 6.06. The van der Waals surface area contributed by atoms with Crippen molar-refractivity contribution in [3.63, 3.8) is 0 Å². The number of aryl methyl sites for hydroxylation is 1. The largest absolute Gasteiger partial charge is 0.350 e.